The first-order valence-corrected chi connectivity index (χ1v) is 7.94. The van der Waals surface area contributed by atoms with Crippen molar-refractivity contribution in [1.29, 1.82) is 0 Å². The molecule has 1 aromatic heterocycles. The second-order valence-corrected chi connectivity index (χ2v) is 6.25. The molecule has 110 valence electrons. The van der Waals surface area contributed by atoms with Crippen LogP contribution in [0.5, 0.6) is 0 Å². The van der Waals surface area contributed by atoms with Crippen molar-refractivity contribution in [3.05, 3.63) is 58.3 Å². The number of halogens is 2. The van der Waals surface area contributed by atoms with Crippen molar-refractivity contribution in [1.82, 2.24) is 14.9 Å². The molecule has 1 saturated heterocycles. The van der Waals surface area contributed by atoms with E-state index < -0.39 is 0 Å². The minimum absolute atomic E-state index is 0.139. The summed E-state index contributed by atoms with van der Waals surface area (Å²) in [4.78, 5) is 10.9. The van der Waals surface area contributed by atoms with Crippen LogP contribution in [-0.4, -0.2) is 28.0 Å². The second kappa shape index (κ2) is 6.62. The van der Waals surface area contributed by atoms with Crippen LogP contribution >= 0.6 is 15.9 Å². The molecule has 1 aliphatic rings. The molecule has 3 rings (SSSR count). The van der Waals surface area contributed by atoms with Gasteiger partial charge < -0.3 is 0 Å². The molecule has 0 saturated carbocycles. The Morgan fingerprint density at radius 1 is 1.19 bits per heavy atom. The van der Waals surface area contributed by atoms with Gasteiger partial charge in [-0.1, -0.05) is 12.1 Å². The number of nitrogens with zero attached hydrogens (tertiary/aromatic N) is 3. The molecule has 0 bridgehead atoms. The van der Waals surface area contributed by atoms with Crippen molar-refractivity contribution in [2.24, 2.45) is 0 Å². The van der Waals surface area contributed by atoms with E-state index in [9.17, 15) is 4.39 Å². The van der Waals surface area contributed by atoms with Gasteiger partial charge in [0.25, 0.3) is 0 Å². The number of hydrogen-bond donors (Lipinski definition) is 0. The van der Waals surface area contributed by atoms with Crippen molar-refractivity contribution in [3.8, 4) is 0 Å². The summed E-state index contributed by atoms with van der Waals surface area (Å²) in [7, 11) is 0. The normalized spacial score (nSPS) is 17.0. The molecule has 1 aliphatic heterocycles. The van der Waals surface area contributed by atoms with Gasteiger partial charge >= 0.3 is 0 Å². The molecule has 0 radical (unpaired) electrons. The third-order valence-electron chi connectivity index (χ3n) is 3.97. The van der Waals surface area contributed by atoms with Gasteiger partial charge in [-0.25, -0.2) is 9.37 Å². The first-order valence-electron chi connectivity index (χ1n) is 7.15. The summed E-state index contributed by atoms with van der Waals surface area (Å²) in [6.45, 7) is 2.86. The quantitative estimate of drug-likeness (QED) is 0.844. The van der Waals surface area contributed by atoms with Gasteiger partial charge in [-0.2, -0.15) is 0 Å². The topological polar surface area (TPSA) is 29.0 Å². The number of hydrogen-bond acceptors (Lipinski definition) is 3. The predicted octanol–water partition coefficient (Wildman–Crippen LogP) is 3.76. The molecule has 21 heavy (non-hydrogen) atoms. The Kier molecular flexibility index (Phi) is 4.60. The number of likely N-dealkylation sites (tertiary alicyclic amines) is 1. The summed E-state index contributed by atoms with van der Waals surface area (Å²) in [5, 5.41) is 0. The van der Waals surface area contributed by atoms with Crippen LogP contribution in [0.1, 0.15) is 30.0 Å². The summed E-state index contributed by atoms with van der Waals surface area (Å²) in [5.74, 6) is 0.327. The zero-order valence-electron chi connectivity index (χ0n) is 11.7. The van der Waals surface area contributed by atoms with Crippen LogP contribution in [0.3, 0.4) is 0 Å². The molecule has 3 nitrogen and oxygen atoms in total. The number of piperidine rings is 1. The standard InChI is InChI=1S/C16H17BrFN3/c17-16-10-19-15(9-20-16)11-21-6-4-12(5-7-21)13-2-1-3-14(18)8-13/h1-3,8-10,12H,4-7,11H2. The zero-order valence-corrected chi connectivity index (χ0v) is 13.3. The predicted molar refractivity (Wildman–Crippen MR) is 83.4 cm³/mol. The SMILES string of the molecule is Fc1cccc(C2CCN(Cc3cnc(Br)cn3)CC2)c1. The van der Waals surface area contributed by atoms with Gasteiger partial charge in [-0.3, -0.25) is 9.88 Å². The smallest absolute Gasteiger partial charge is 0.124 e. The van der Waals surface area contributed by atoms with Gasteiger partial charge in [0.05, 0.1) is 18.1 Å². The maximum absolute atomic E-state index is 13.3. The molecule has 1 aromatic carbocycles. The summed E-state index contributed by atoms with van der Waals surface area (Å²) in [5.41, 5.74) is 2.11. The van der Waals surface area contributed by atoms with Gasteiger partial charge in [0.15, 0.2) is 0 Å². The average molecular weight is 350 g/mol. The van der Waals surface area contributed by atoms with E-state index in [0.717, 1.165) is 48.3 Å². The lowest BCUT2D eigenvalue weighted by Crippen LogP contribution is -2.32. The van der Waals surface area contributed by atoms with Crippen molar-refractivity contribution in [2.75, 3.05) is 13.1 Å². The summed E-state index contributed by atoms with van der Waals surface area (Å²) in [6.07, 6.45) is 5.67. The number of aromatic nitrogens is 2. The lowest BCUT2D eigenvalue weighted by atomic mass is 9.89. The number of benzene rings is 1. The van der Waals surface area contributed by atoms with E-state index in [2.05, 4.69) is 30.8 Å². The maximum Gasteiger partial charge on any atom is 0.124 e. The molecule has 1 fully saturated rings. The van der Waals surface area contributed by atoms with Crippen LogP contribution in [0.4, 0.5) is 4.39 Å². The fourth-order valence-corrected chi connectivity index (χ4v) is 3.04. The first-order chi connectivity index (χ1) is 10.2. The van der Waals surface area contributed by atoms with Gasteiger partial charge in [0, 0.05) is 6.54 Å². The molecule has 0 aliphatic carbocycles. The Labute approximate surface area is 132 Å². The van der Waals surface area contributed by atoms with Crippen LogP contribution in [0.15, 0.2) is 41.3 Å². The second-order valence-electron chi connectivity index (χ2n) is 5.44. The van der Waals surface area contributed by atoms with Gasteiger partial charge in [0.1, 0.15) is 10.4 Å². The Morgan fingerprint density at radius 2 is 2.00 bits per heavy atom. The lowest BCUT2D eigenvalue weighted by molar-refractivity contribution is 0.202. The van der Waals surface area contributed by atoms with E-state index in [1.807, 2.05) is 12.3 Å². The number of rotatable bonds is 3. The highest BCUT2D eigenvalue weighted by atomic mass is 79.9. The van der Waals surface area contributed by atoms with Crippen LogP contribution < -0.4 is 0 Å². The first kappa shape index (κ1) is 14.6. The van der Waals surface area contributed by atoms with Crippen molar-refractivity contribution >= 4 is 15.9 Å². The molecule has 0 amide bonds. The van der Waals surface area contributed by atoms with E-state index in [1.54, 1.807) is 18.3 Å². The Morgan fingerprint density at radius 3 is 2.67 bits per heavy atom. The van der Waals surface area contributed by atoms with Crippen molar-refractivity contribution in [2.45, 2.75) is 25.3 Å². The molecular formula is C16H17BrFN3. The van der Waals surface area contributed by atoms with E-state index in [1.165, 1.54) is 6.07 Å². The van der Waals surface area contributed by atoms with Crippen LogP contribution in [0.25, 0.3) is 0 Å². The van der Waals surface area contributed by atoms with Crippen LogP contribution in [0, 0.1) is 5.82 Å². The average Bonchev–Trinajstić information content (AvgIpc) is 2.50. The highest BCUT2D eigenvalue weighted by molar-refractivity contribution is 9.10. The highest BCUT2D eigenvalue weighted by Gasteiger charge is 2.21. The Balaban J connectivity index is 1.56. The molecule has 5 heteroatoms. The van der Waals surface area contributed by atoms with Gasteiger partial charge in [0.2, 0.25) is 0 Å². The summed E-state index contributed by atoms with van der Waals surface area (Å²) < 4.78 is 14.0. The third kappa shape index (κ3) is 3.86. The minimum atomic E-state index is -0.139. The van der Waals surface area contributed by atoms with E-state index in [4.69, 9.17) is 0 Å². The fraction of sp³-hybridized carbons (Fsp3) is 0.375. The largest absolute Gasteiger partial charge is 0.297 e. The molecular weight excluding hydrogens is 333 g/mol. The van der Waals surface area contributed by atoms with Crippen LogP contribution in [-0.2, 0) is 6.54 Å². The molecule has 0 atom stereocenters. The maximum atomic E-state index is 13.3. The molecule has 0 N–H and O–H groups in total. The zero-order chi connectivity index (χ0) is 14.7. The monoisotopic (exact) mass is 349 g/mol. The molecule has 0 spiro atoms. The van der Waals surface area contributed by atoms with Gasteiger partial charge in [-0.05, 0) is 65.5 Å². The summed E-state index contributed by atoms with van der Waals surface area (Å²) >= 11 is 3.29. The third-order valence-corrected chi connectivity index (χ3v) is 4.38. The van der Waals surface area contributed by atoms with Crippen molar-refractivity contribution < 1.29 is 4.39 Å². The minimum Gasteiger partial charge on any atom is -0.297 e. The van der Waals surface area contributed by atoms with Crippen molar-refractivity contribution in [3.63, 3.8) is 0 Å². The molecule has 2 heterocycles. The van der Waals surface area contributed by atoms with E-state index in [-0.39, 0.29) is 5.82 Å². The Bertz CT molecular complexity index is 595. The lowest BCUT2D eigenvalue weighted by Gasteiger charge is -2.31. The fourth-order valence-electron chi connectivity index (χ4n) is 2.83. The van der Waals surface area contributed by atoms with Crippen LogP contribution in [0.2, 0.25) is 0 Å². The summed E-state index contributed by atoms with van der Waals surface area (Å²) in [6, 6.07) is 7.00. The Hall–Kier alpha value is -1.33. The van der Waals surface area contributed by atoms with E-state index in [0.29, 0.717) is 5.92 Å². The molecule has 0 unspecified atom stereocenters. The molecule has 2 aromatic rings. The van der Waals surface area contributed by atoms with Gasteiger partial charge in [-0.15, -0.1) is 0 Å². The van der Waals surface area contributed by atoms with E-state index >= 15 is 0 Å². The highest BCUT2D eigenvalue weighted by Crippen LogP contribution is 2.28.